The van der Waals surface area contributed by atoms with Crippen LogP contribution in [0.25, 0.3) is 21.9 Å². The fourth-order valence-corrected chi connectivity index (χ4v) is 5.95. The number of aliphatic hydroxyl groups is 1. The fourth-order valence-electron chi connectivity index (χ4n) is 5.47. The van der Waals surface area contributed by atoms with Gasteiger partial charge in [-0.05, 0) is 78.6 Å². The molecule has 3 N–H and O–H groups in total. The molecule has 6 aromatic rings. The van der Waals surface area contributed by atoms with Gasteiger partial charge in [0.25, 0.3) is 11.5 Å². The number of hydrogen-bond acceptors (Lipinski definition) is 26. The first-order chi connectivity index (χ1) is 37.7. The van der Waals surface area contributed by atoms with Gasteiger partial charge in [0.2, 0.25) is 5.75 Å². The van der Waals surface area contributed by atoms with Crippen molar-refractivity contribution in [3.05, 3.63) is 96.5 Å². The Labute approximate surface area is 478 Å². The number of nitrogens with zero attached hydrogens (tertiary/aromatic N) is 4. The van der Waals surface area contributed by atoms with E-state index in [-0.39, 0.29) is 109 Å². The van der Waals surface area contributed by atoms with Crippen LogP contribution in [0.1, 0.15) is 97.6 Å². The molecule has 0 radical (unpaired) electrons. The maximum atomic E-state index is 12.4. The molecule has 7 rings (SSSR count). The van der Waals surface area contributed by atoms with Gasteiger partial charge in [0.15, 0.2) is 29.3 Å². The summed E-state index contributed by atoms with van der Waals surface area (Å²) in [5.41, 5.74) is -5.05. The van der Waals surface area contributed by atoms with Crippen LogP contribution in [-0.4, -0.2) is 151 Å². The van der Waals surface area contributed by atoms with Crippen LogP contribution >= 0.6 is 0 Å². The second-order valence-electron chi connectivity index (χ2n) is 14.3. The largest absolute Gasteiger partial charge is 1.00 e. The molecule has 1 saturated heterocycles. The quantitative estimate of drug-likeness (QED) is 0.0410. The molecule has 1 aliphatic heterocycles. The molecule has 26 nitrogen and oxygen atoms in total. The van der Waals surface area contributed by atoms with Gasteiger partial charge in [-0.3, -0.25) is 19.9 Å². The second-order valence-corrected chi connectivity index (χ2v) is 15.8. The van der Waals surface area contributed by atoms with Crippen molar-refractivity contribution in [3.63, 3.8) is 0 Å². The van der Waals surface area contributed by atoms with Crippen molar-refractivity contribution in [2.24, 2.45) is 0 Å². The van der Waals surface area contributed by atoms with Gasteiger partial charge >= 0.3 is 81.0 Å². The van der Waals surface area contributed by atoms with Crippen LogP contribution in [0.4, 0.5) is 13.2 Å². The summed E-state index contributed by atoms with van der Waals surface area (Å²) in [5.74, 6) is -5.98. The van der Waals surface area contributed by atoms with Crippen molar-refractivity contribution >= 4 is 67.9 Å². The number of aromatic hydroxyl groups is 2. The van der Waals surface area contributed by atoms with Gasteiger partial charge in [0.1, 0.15) is 23.5 Å². The van der Waals surface area contributed by atoms with Crippen molar-refractivity contribution in [2.75, 3.05) is 66.1 Å². The van der Waals surface area contributed by atoms with E-state index in [1.165, 1.54) is 75.3 Å². The summed E-state index contributed by atoms with van der Waals surface area (Å²) >= 11 is 0. The number of carbonyl (C=O) groups excluding carboxylic acids is 6. The van der Waals surface area contributed by atoms with Crippen LogP contribution in [0.2, 0.25) is 0 Å². The number of furan rings is 2. The second kappa shape index (κ2) is 37.3. The molecular weight excluding hydrogens is 1110 g/mol. The summed E-state index contributed by atoms with van der Waals surface area (Å²) in [4.78, 5) is 81.7. The van der Waals surface area contributed by atoms with Gasteiger partial charge in [-0.25, -0.2) is 28.8 Å². The van der Waals surface area contributed by atoms with Gasteiger partial charge in [-0.15, -0.1) is 0 Å². The molecule has 80 heavy (non-hydrogen) atoms. The fraction of sp³-hybridized carbons (Fsp3) is 0.388. The number of carbonyl (C=O) groups is 6. The number of aromatic nitrogens is 4. The molecule has 0 spiro atoms. The first-order valence-electron chi connectivity index (χ1n) is 23.5. The maximum Gasteiger partial charge on any atom is 1.00 e. The average molecular weight is 1170 g/mol. The van der Waals surface area contributed by atoms with Crippen molar-refractivity contribution < 1.29 is 148 Å². The molecule has 1 fully saturated rings. The van der Waals surface area contributed by atoms with Crippen LogP contribution < -0.4 is 38.5 Å². The zero-order valence-electron chi connectivity index (χ0n) is 45.3. The topological polar surface area (TPSA) is 358 Å². The maximum absolute atomic E-state index is 12.4. The Kier molecular flexibility index (Phi) is 32.8. The molecule has 1 aliphatic rings. The van der Waals surface area contributed by atoms with E-state index in [1.807, 2.05) is 0 Å². The van der Waals surface area contributed by atoms with Gasteiger partial charge in [0, 0.05) is 38.0 Å². The third-order valence-electron chi connectivity index (χ3n) is 8.80. The molecule has 0 amide bonds. The Balaban J connectivity index is 0.000000991. The molecule has 6 aromatic heterocycles. The Bertz CT molecular complexity index is 3010. The minimum atomic E-state index is -5.97. The van der Waals surface area contributed by atoms with Crippen LogP contribution in [0.15, 0.2) is 82.7 Å². The monoisotopic (exact) mass is 1170 g/mol. The standard InChI is InChI=1S/C12H15NO5.C11H8F3NO6S.C10H9NO4.C8H9NO3.C4H8O3.C4H8O.Na.H/c1-3-16-11(14)8-18-10-7-13-6-5-9(10)12(15)17-4-2;1-2-19-10(16)9-8(21-22(17,18)11(12,13)14)6-3-4-15-5-7(6)20-9;1-2-14-10(13)9-8(12)6-3-4-11-5-7(6)15-9;1-2-12-8(11)6-3-4-9-5-7(6)10;1-2-7-4(6)3-5;1-2-4-5-3-1;;/h5-7H,3-4,8H2,1-2H3;3-5H,2H2,1H3;3-5,12H,2H2,1H3;3-5,10H,2H2,1H3;5H,2-3H2,1H3;1-4H2;;/q;;;;;;+1;-1. The van der Waals surface area contributed by atoms with Gasteiger partial charge in [-0.1, -0.05) is 0 Å². The van der Waals surface area contributed by atoms with Gasteiger partial charge in [0.05, 0.1) is 75.2 Å². The van der Waals surface area contributed by atoms with Crippen LogP contribution in [0.3, 0.4) is 0 Å². The number of alkyl halides is 3. The van der Waals surface area contributed by atoms with Gasteiger partial charge in [-0.2, -0.15) is 21.6 Å². The van der Waals surface area contributed by atoms with Crippen molar-refractivity contribution in [1.82, 2.24) is 19.9 Å². The molecule has 0 aromatic carbocycles. The number of rotatable bonds is 16. The number of fused-ring (bicyclic) bond motifs is 2. The van der Waals surface area contributed by atoms with E-state index in [0.29, 0.717) is 24.2 Å². The first kappa shape index (κ1) is 70.4. The third-order valence-corrected chi connectivity index (χ3v) is 9.75. The summed E-state index contributed by atoms with van der Waals surface area (Å²) < 4.78 is 112. The summed E-state index contributed by atoms with van der Waals surface area (Å²) in [6.07, 6.45) is 13.2. The van der Waals surface area contributed by atoms with Crippen molar-refractivity contribution in [2.45, 2.75) is 59.9 Å². The number of ether oxygens (including phenoxy) is 8. The third kappa shape index (κ3) is 23.4. The minimum absolute atomic E-state index is 0. The zero-order chi connectivity index (χ0) is 59.0. The Morgan fingerprint density at radius 3 is 1.51 bits per heavy atom. The Hall–Kier alpha value is -7.64. The SMILES string of the molecule is C1CCOC1.CCOC(=O)CO.CCOC(=O)COc1cnccc1C(=O)OCC.CCOC(=O)c1ccncc1O.CCOC(=O)c1oc2cnccc2c1O.CCOC(=O)c1oc2cnccc2c1OS(=O)(=O)C(F)(F)F.[H-].[Na+]. The Morgan fingerprint density at radius 2 is 1.04 bits per heavy atom. The molecular formula is C49H58F3N4NaO22S. The predicted octanol–water partition coefficient (Wildman–Crippen LogP) is 3.56. The predicted molar refractivity (Wildman–Crippen MR) is 266 cm³/mol. The van der Waals surface area contributed by atoms with Gasteiger partial charge < -0.3 is 67.7 Å². The molecule has 0 bridgehead atoms. The number of halogens is 3. The van der Waals surface area contributed by atoms with E-state index in [9.17, 15) is 55.5 Å². The Morgan fingerprint density at radius 1 is 0.600 bits per heavy atom. The molecule has 0 saturated carbocycles. The number of hydrogen-bond donors (Lipinski definition) is 3. The first-order valence-corrected chi connectivity index (χ1v) is 24.9. The summed E-state index contributed by atoms with van der Waals surface area (Å²) in [6, 6.07) is 5.59. The molecule has 434 valence electrons. The molecule has 0 atom stereocenters. The van der Waals surface area contributed by atoms with Crippen molar-refractivity contribution in [3.8, 4) is 23.0 Å². The molecule has 7 heterocycles. The number of esters is 6. The van der Waals surface area contributed by atoms with Crippen LogP contribution in [-0.2, 0) is 52.9 Å². The number of pyridine rings is 4. The summed E-state index contributed by atoms with van der Waals surface area (Å²) in [5, 5.41) is 27.1. The molecule has 0 aliphatic carbocycles. The van der Waals surface area contributed by atoms with E-state index in [0.717, 1.165) is 25.5 Å². The van der Waals surface area contributed by atoms with E-state index < -0.39 is 69.6 Å². The molecule has 0 unspecified atom stereocenters. The number of aliphatic hydroxyl groups excluding tert-OH is 1. The zero-order valence-corrected chi connectivity index (χ0v) is 47.2. The smallest absolute Gasteiger partial charge is 1.00 e. The normalized spacial score (nSPS) is 11.2. The molecule has 31 heteroatoms. The van der Waals surface area contributed by atoms with Crippen LogP contribution in [0, 0.1) is 0 Å². The summed E-state index contributed by atoms with van der Waals surface area (Å²) in [6.45, 7) is 12.4. The van der Waals surface area contributed by atoms with Crippen molar-refractivity contribution in [1.29, 1.82) is 0 Å². The van der Waals surface area contributed by atoms with E-state index >= 15 is 0 Å². The van der Waals surface area contributed by atoms with E-state index in [4.69, 9.17) is 42.7 Å². The van der Waals surface area contributed by atoms with E-state index in [2.05, 4.69) is 38.3 Å². The minimum Gasteiger partial charge on any atom is -1.00 e. The van der Waals surface area contributed by atoms with Crippen LogP contribution in [0.5, 0.6) is 23.0 Å². The average Bonchev–Trinajstić information content (AvgIpc) is 4.21. The summed E-state index contributed by atoms with van der Waals surface area (Å²) in [7, 11) is -5.97. The van der Waals surface area contributed by atoms with E-state index in [1.54, 1.807) is 40.7 Å².